The summed E-state index contributed by atoms with van der Waals surface area (Å²) in [5, 5.41) is 5.50. The van der Waals surface area contributed by atoms with Gasteiger partial charge in [-0.3, -0.25) is 19.2 Å². The Bertz CT molecular complexity index is 484. The summed E-state index contributed by atoms with van der Waals surface area (Å²) in [6, 6.07) is -0.590. The maximum absolute atomic E-state index is 12.5. The second kappa shape index (κ2) is 11.9. The fraction of sp³-hybridized carbons (Fsp3) is 0.765. The highest BCUT2D eigenvalue weighted by atomic mass is 32.2. The van der Waals surface area contributed by atoms with Crippen LogP contribution in [0.2, 0.25) is 0 Å². The van der Waals surface area contributed by atoms with E-state index in [1.807, 2.05) is 0 Å². The molecule has 25 heavy (non-hydrogen) atoms. The number of ether oxygens (including phenoxy) is 1. The zero-order valence-corrected chi connectivity index (χ0v) is 15.8. The number of thioether (sulfide) groups is 1. The lowest BCUT2D eigenvalue weighted by Gasteiger charge is -2.23. The zero-order chi connectivity index (χ0) is 18.7. The van der Waals surface area contributed by atoms with Crippen LogP contribution in [0.4, 0.5) is 0 Å². The van der Waals surface area contributed by atoms with Gasteiger partial charge < -0.3 is 15.4 Å². The Kier molecular flexibility index (Phi) is 10.2. The standard InChI is InChI=1S/C17H28N2O5S/c1-12(20)24-10-9-18-17(23)15-8-6-4-3-5-7-14(16(22)19-15)11-25-13(2)21/h14-15H,3-11H2,1-2H3,(H,18,23)(H,19,22)/t14-,15-/m0/s1. The van der Waals surface area contributed by atoms with Gasteiger partial charge in [0.2, 0.25) is 11.8 Å². The van der Waals surface area contributed by atoms with E-state index in [0.29, 0.717) is 12.2 Å². The molecule has 1 fully saturated rings. The van der Waals surface area contributed by atoms with Crippen molar-refractivity contribution in [2.45, 2.75) is 58.4 Å². The molecule has 1 heterocycles. The van der Waals surface area contributed by atoms with Crippen molar-refractivity contribution in [1.82, 2.24) is 10.6 Å². The molecule has 0 aromatic carbocycles. The Morgan fingerprint density at radius 1 is 1.16 bits per heavy atom. The van der Waals surface area contributed by atoms with Crippen LogP contribution < -0.4 is 10.6 Å². The van der Waals surface area contributed by atoms with Gasteiger partial charge in [-0.2, -0.15) is 0 Å². The van der Waals surface area contributed by atoms with Crippen LogP contribution >= 0.6 is 11.8 Å². The van der Waals surface area contributed by atoms with Crippen LogP contribution in [0.3, 0.4) is 0 Å². The Morgan fingerprint density at radius 3 is 2.48 bits per heavy atom. The van der Waals surface area contributed by atoms with E-state index in [1.165, 1.54) is 13.8 Å². The molecule has 2 atom stereocenters. The van der Waals surface area contributed by atoms with E-state index in [2.05, 4.69) is 10.6 Å². The van der Waals surface area contributed by atoms with Crippen LogP contribution in [-0.2, 0) is 23.9 Å². The predicted molar refractivity (Wildman–Crippen MR) is 95.9 cm³/mol. The highest BCUT2D eigenvalue weighted by molar-refractivity contribution is 8.13. The fourth-order valence-electron chi connectivity index (χ4n) is 2.65. The zero-order valence-electron chi connectivity index (χ0n) is 15.0. The van der Waals surface area contributed by atoms with E-state index in [-0.39, 0.29) is 36.0 Å². The van der Waals surface area contributed by atoms with Crippen molar-refractivity contribution in [1.29, 1.82) is 0 Å². The Balaban J connectivity index is 2.58. The molecule has 7 nitrogen and oxygen atoms in total. The number of rotatable bonds is 6. The van der Waals surface area contributed by atoms with Crippen molar-refractivity contribution in [3.8, 4) is 0 Å². The van der Waals surface area contributed by atoms with Gasteiger partial charge >= 0.3 is 5.97 Å². The van der Waals surface area contributed by atoms with Crippen molar-refractivity contribution >= 4 is 34.7 Å². The Labute approximate surface area is 153 Å². The van der Waals surface area contributed by atoms with Gasteiger partial charge in [-0.15, -0.1) is 0 Å². The molecule has 1 rings (SSSR count). The molecule has 8 heteroatoms. The molecular formula is C17H28N2O5S. The average Bonchev–Trinajstić information content (AvgIpc) is 2.55. The Hall–Kier alpha value is -1.57. The first kappa shape index (κ1) is 21.5. The molecule has 0 saturated carbocycles. The average molecular weight is 372 g/mol. The molecule has 142 valence electrons. The van der Waals surface area contributed by atoms with Crippen molar-refractivity contribution in [2.24, 2.45) is 5.92 Å². The number of amides is 2. The van der Waals surface area contributed by atoms with Gasteiger partial charge in [0.1, 0.15) is 12.6 Å². The monoisotopic (exact) mass is 372 g/mol. The molecule has 0 unspecified atom stereocenters. The third-order valence-corrected chi connectivity index (χ3v) is 4.97. The smallest absolute Gasteiger partial charge is 0.302 e. The maximum atomic E-state index is 12.5. The Morgan fingerprint density at radius 2 is 1.84 bits per heavy atom. The minimum absolute atomic E-state index is 0.00958. The third kappa shape index (κ3) is 9.48. The van der Waals surface area contributed by atoms with E-state index in [0.717, 1.165) is 43.9 Å². The fourth-order valence-corrected chi connectivity index (χ4v) is 3.41. The van der Waals surface area contributed by atoms with Gasteiger partial charge in [-0.1, -0.05) is 37.4 Å². The molecule has 1 saturated heterocycles. The van der Waals surface area contributed by atoms with Crippen LogP contribution in [0.5, 0.6) is 0 Å². The maximum Gasteiger partial charge on any atom is 0.302 e. The lowest BCUT2D eigenvalue weighted by atomic mass is 9.97. The van der Waals surface area contributed by atoms with Crippen LogP contribution in [0, 0.1) is 5.92 Å². The lowest BCUT2D eigenvalue weighted by molar-refractivity contribution is -0.141. The molecule has 2 N–H and O–H groups in total. The minimum Gasteiger partial charge on any atom is -0.464 e. The van der Waals surface area contributed by atoms with Crippen LogP contribution in [-0.4, -0.2) is 47.8 Å². The number of hydrogen-bond donors (Lipinski definition) is 2. The number of esters is 1. The topological polar surface area (TPSA) is 102 Å². The van der Waals surface area contributed by atoms with Crippen molar-refractivity contribution in [3.63, 3.8) is 0 Å². The van der Waals surface area contributed by atoms with Crippen LogP contribution in [0.15, 0.2) is 0 Å². The first-order chi connectivity index (χ1) is 11.9. The molecule has 1 aliphatic rings. The summed E-state index contributed by atoms with van der Waals surface area (Å²) in [6.07, 6.45) is 5.17. The minimum atomic E-state index is -0.590. The van der Waals surface area contributed by atoms with Gasteiger partial charge in [-0.25, -0.2) is 0 Å². The number of carbonyl (C=O) groups is 4. The predicted octanol–water partition coefficient (Wildman–Crippen LogP) is 1.40. The summed E-state index contributed by atoms with van der Waals surface area (Å²) in [5.41, 5.74) is 0. The third-order valence-electron chi connectivity index (χ3n) is 3.99. The van der Waals surface area contributed by atoms with E-state index in [9.17, 15) is 19.2 Å². The van der Waals surface area contributed by atoms with Crippen molar-refractivity contribution in [2.75, 3.05) is 18.9 Å². The molecule has 0 aromatic heterocycles. The first-order valence-electron chi connectivity index (χ1n) is 8.75. The van der Waals surface area contributed by atoms with Gasteiger partial charge in [0.25, 0.3) is 0 Å². The highest BCUT2D eigenvalue weighted by Crippen LogP contribution is 2.20. The number of nitrogens with one attached hydrogen (secondary N) is 2. The molecule has 0 bridgehead atoms. The van der Waals surface area contributed by atoms with Gasteiger partial charge in [0, 0.05) is 25.5 Å². The van der Waals surface area contributed by atoms with Gasteiger partial charge in [0.05, 0.1) is 6.54 Å². The second-order valence-electron chi connectivity index (χ2n) is 6.18. The molecular weight excluding hydrogens is 344 g/mol. The molecule has 1 aliphatic heterocycles. The first-order valence-corrected chi connectivity index (χ1v) is 9.73. The SMILES string of the molecule is CC(=O)OCCNC(=O)[C@@H]1CCCCCC[C@@H](CSC(C)=O)C(=O)N1. The van der Waals surface area contributed by atoms with E-state index in [4.69, 9.17) is 4.74 Å². The van der Waals surface area contributed by atoms with Crippen molar-refractivity contribution < 1.29 is 23.9 Å². The van der Waals surface area contributed by atoms with Crippen molar-refractivity contribution in [3.05, 3.63) is 0 Å². The van der Waals surface area contributed by atoms with Crippen LogP contribution in [0.1, 0.15) is 52.4 Å². The second-order valence-corrected chi connectivity index (χ2v) is 7.38. The van der Waals surface area contributed by atoms with E-state index < -0.39 is 12.0 Å². The highest BCUT2D eigenvalue weighted by Gasteiger charge is 2.26. The molecule has 2 amide bonds. The van der Waals surface area contributed by atoms with E-state index >= 15 is 0 Å². The summed E-state index contributed by atoms with van der Waals surface area (Å²) >= 11 is 1.15. The van der Waals surface area contributed by atoms with Gasteiger partial charge in [0.15, 0.2) is 5.12 Å². The number of carbonyl (C=O) groups excluding carboxylic acids is 4. The molecule has 0 aromatic rings. The van der Waals surface area contributed by atoms with Gasteiger partial charge in [-0.05, 0) is 12.8 Å². The summed E-state index contributed by atoms with van der Waals surface area (Å²) in [5.74, 6) is -0.646. The van der Waals surface area contributed by atoms with Crippen LogP contribution in [0.25, 0.3) is 0 Å². The lowest BCUT2D eigenvalue weighted by Crippen LogP contribution is -2.49. The molecule has 0 spiro atoms. The normalized spacial score (nSPS) is 21.8. The summed E-state index contributed by atoms with van der Waals surface area (Å²) in [7, 11) is 0. The largest absolute Gasteiger partial charge is 0.464 e. The quantitative estimate of drug-likeness (QED) is 0.540. The summed E-state index contributed by atoms with van der Waals surface area (Å²) in [4.78, 5) is 46.7. The molecule has 0 aliphatic carbocycles. The summed E-state index contributed by atoms with van der Waals surface area (Å²) in [6.45, 7) is 3.12. The number of hydrogen-bond acceptors (Lipinski definition) is 6. The molecule has 0 radical (unpaired) electrons. The van der Waals surface area contributed by atoms with E-state index in [1.54, 1.807) is 0 Å². The summed E-state index contributed by atoms with van der Waals surface area (Å²) < 4.78 is 4.78.